The van der Waals surface area contributed by atoms with Gasteiger partial charge in [0.05, 0.1) is 6.61 Å². The molecule has 1 heteroatoms. The average Bonchev–Trinajstić information content (AvgIpc) is 3.08. The summed E-state index contributed by atoms with van der Waals surface area (Å²) >= 11 is 0. The molecule has 1 aliphatic rings. The second-order valence-corrected chi connectivity index (χ2v) is 7.61. The van der Waals surface area contributed by atoms with Gasteiger partial charge in [-0.25, -0.2) is 0 Å². The van der Waals surface area contributed by atoms with E-state index in [4.69, 9.17) is 4.74 Å². The number of hydrogen-bond acceptors (Lipinski definition) is 1. The van der Waals surface area contributed by atoms with Gasteiger partial charge in [0.1, 0.15) is 5.75 Å². The fourth-order valence-corrected chi connectivity index (χ4v) is 3.98. The molecule has 0 atom stereocenters. The summed E-state index contributed by atoms with van der Waals surface area (Å²) in [5.41, 5.74) is 8.29. The molecule has 3 aromatic rings. The first kappa shape index (κ1) is 17.9. The first-order chi connectivity index (χ1) is 13.3. The molecule has 0 unspecified atom stereocenters. The number of rotatable bonds is 8. The highest BCUT2D eigenvalue weighted by molar-refractivity contribution is 5.78. The van der Waals surface area contributed by atoms with Crippen molar-refractivity contribution in [2.24, 2.45) is 0 Å². The lowest BCUT2D eigenvalue weighted by atomic mass is 10.0. The Kier molecular flexibility index (Phi) is 5.58. The van der Waals surface area contributed by atoms with Crippen molar-refractivity contribution in [3.8, 4) is 16.9 Å². The Hall–Kier alpha value is -2.54. The summed E-state index contributed by atoms with van der Waals surface area (Å²) in [6.45, 7) is 2.96. The van der Waals surface area contributed by atoms with Crippen LogP contribution in [-0.2, 0) is 12.8 Å². The van der Waals surface area contributed by atoms with E-state index in [1.165, 1.54) is 59.1 Å². The van der Waals surface area contributed by atoms with Crippen molar-refractivity contribution in [3.63, 3.8) is 0 Å². The maximum Gasteiger partial charge on any atom is 0.123 e. The van der Waals surface area contributed by atoms with E-state index < -0.39 is 0 Å². The van der Waals surface area contributed by atoms with Crippen molar-refractivity contribution in [3.05, 3.63) is 89.0 Å². The maximum absolute atomic E-state index is 6.16. The molecule has 1 nitrogen and oxygen atoms in total. The molecule has 0 spiro atoms. The summed E-state index contributed by atoms with van der Waals surface area (Å²) in [6, 6.07) is 24.1. The van der Waals surface area contributed by atoms with Gasteiger partial charge in [-0.2, -0.15) is 0 Å². The molecule has 3 aromatic carbocycles. The molecule has 0 aliphatic heterocycles. The van der Waals surface area contributed by atoms with Crippen molar-refractivity contribution < 1.29 is 4.74 Å². The van der Waals surface area contributed by atoms with Gasteiger partial charge in [0.15, 0.2) is 0 Å². The van der Waals surface area contributed by atoms with E-state index in [0.717, 1.165) is 25.2 Å². The summed E-state index contributed by atoms with van der Waals surface area (Å²) in [4.78, 5) is 0. The van der Waals surface area contributed by atoms with E-state index in [2.05, 4.69) is 73.7 Å². The van der Waals surface area contributed by atoms with Crippen LogP contribution in [-0.4, -0.2) is 6.61 Å². The van der Waals surface area contributed by atoms with E-state index in [1.807, 2.05) is 0 Å². The number of unbranched alkanes of at least 4 members (excludes halogenated alkanes) is 3. The van der Waals surface area contributed by atoms with Gasteiger partial charge >= 0.3 is 0 Å². The first-order valence-electron chi connectivity index (χ1n) is 10.2. The van der Waals surface area contributed by atoms with Crippen LogP contribution in [0.15, 0.2) is 66.7 Å². The van der Waals surface area contributed by atoms with Crippen LogP contribution >= 0.6 is 0 Å². The van der Waals surface area contributed by atoms with Gasteiger partial charge in [0, 0.05) is 12.0 Å². The molecule has 0 amide bonds. The minimum Gasteiger partial charge on any atom is -0.493 e. The zero-order valence-electron chi connectivity index (χ0n) is 16.2. The van der Waals surface area contributed by atoms with Crippen LogP contribution in [0.5, 0.6) is 5.75 Å². The molecule has 138 valence electrons. The Balaban J connectivity index is 1.21. The van der Waals surface area contributed by atoms with Crippen molar-refractivity contribution in [1.29, 1.82) is 0 Å². The third-order valence-corrected chi connectivity index (χ3v) is 5.55. The number of hydrogen-bond donors (Lipinski definition) is 0. The lowest BCUT2D eigenvalue weighted by Crippen LogP contribution is -2.00. The number of benzene rings is 3. The van der Waals surface area contributed by atoms with Crippen LogP contribution in [0.2, 0.25) is 0 Å². The van der Waals surface area contributed by atoms with Crippen LogP contribution in [0.25, 0.3) is 11.1 Å². The predicted octanol–water partition coefficient (Wildman–Crippen LogP) is 6.75. The van der Waals surface area contributed by atoms with Gasteiger partial charge < -0.3 is 4.74 Å². The number of ether oxygens (including phenoxy) is 1. The smallest absolute Gasteiger partial charge is 0.123 e. The van der Waals surface area contributed by atoms with Crippen LogP contribution in [0.3, 0.4) is 0 Å². The van der Waals surface area contributed by atoms with E-state index in [1.54, 1.807) is 0 Å². The minimum absolute atomic E-state index is 0.817. The van der Waals surface area contributed by atoms with Gasteiger partial charge in [0.25, 0.3) is 0 Å². The first-order valence-corrected chi connectivity index (χ1v) is 10.2. The third-order valence-electron chi connectivity index (χ3n) is 5.55. The lowest BCUT2D eigenvalue weighted by Gasteiger charge is -2.11. The van der Waals surface area contributed by atoms with Crippen molar-refractivity contribution in [2.45, 2.75) is 45.4 Å². The summed E-state index contributed by atoms with van der Waals surface area (Å²) in [6.07, 6.45) is 7.09. The molecular formula is C26H28O. The average molecular weight is 357 g/mol. The van der Waals surface area contributed by atoms with E-state index >= 15 is 0 Å². The van der Waals surface area contributed by atoms with Gasteiger partial charge in [-0.1, -0.05) is 79.1 Å². The van der Waals surface area contributed by atoms with Crippen molar-refractivity contribution in [1.82, 2.24) is 0 Å². The second kappa shape index (κ2) is 8.43. The summed E-state index contributed by atoms with van der Waals surface area (Å²) in [7, 11) is 0. The summed E-state index contributed by atoms with van der Waals surface area (Å²) < 4.78 is 6.16. The molecule has 0 N–H and O–H groups in total. The Morgan fingerprint density at radius 2 is 1.52 bits per heavy atom. The van der Waals surface area contributed by atoms with E-state index in [9.17, 15) is 0 Å². The van der Waals surface area contributed by atoms with E-state index in [-0.39, 0.29) is 0 Å². The predicted molar refractivity (Wildman–Crippen MR) is 114 cm³/mol. The van der Waals surface area contributed by atoms with Crippen molar-refractivity contribution >= 4 is 0 Å². The lowest BCUT2D eigenvalue weighted by molar-refractivity contribution is 0.302. The highest BCUT2D eigenvalue weighted by atomic mass is 16.5. The Morgan fingerprint density at radius 3 is 2.41 bits per heavy atom. The zero-order valence-corrected chi connectivity index (χ0v) is 16.2. The molecule has 0 saturated carbocycles. The van der Waals surface area contributed by atoms with Crippen LogP contribution in [0, 0.1) is 6.92 Å². The third kappa shape index (κ3) is 4.24. The molecule has 0 heterocycles. The second-order valence-electron chi connectivity index (χ2n) is 7.61. The van der Waals surface area contributed by atoms with Crippen LogP contribution in [0.1, 0.15) is 47.9 Å². The van der Waals surface area contributed by atoms with Crippen LogP contribution in [0.4, 0.5) is 0 Å². The molecule has 0 aromatic heterocycles. The largest absolute Gasteiger partial charge is 0.493 e. The molecule has 4 rings (SSSR count). The molecule has 0 bridgehead atoms. The SMILES string of the molecule is Cc1ccc(CCCCCCOc2cccc3c2Cc2ccccc2-3)cc1. The molecule has 1 aliphatic carbocycles. The molecular weight excluding hydrogens is 328 g/mol. The Bertz CT molecular complexity index is 892. The summed E-state index contributed by atoms with van der Waals surface area (Å²) in [5, 5.41) is 0. The monoisotopic (exact) mass is 356 g/mol. The van der Waals surface area contributed by atoms with Gasteiger partial charge in [-0.15, -0.1) is 0 Å². The number of fused-ring (bicyclic) bond motifs is 3. The zero-order chi connectivity index (χ0) is 18.5. The van der Waals surface area contributed by atoms with Gasteiger partial charge in [-0.05, 0) is 54.5 Å². The highest BCUT2D eigenvalue weighted by Crippen LogP contribution is 2.40. The summed E-state index contributed by atoms with van der Waals surface area (Å²) in [5.74, 6) is 1.07. The van der Waals surface area contributed by atoms with Crippen molar-refractivity contribution in [2.75, 3.05) is 6.61 Å². The van der Waals surface area contributed by atoms with Gasteiger partial charge in [0.2, 0.25) is 0 Å². The Labute approximate surface area is 163 Å². The molecule has 0 saturated heterocycles. The minimum atomic E-state index is 0.817. The van der Waals surface area contributed by atoms with Crippen LogP contribution < -0.4 is 4.74 Å². The standard InChI is InChI=1S/C26H28O/c1-20-14-16-21(17-15-20)9-4-2-3-7-18-27-26-13-8-12-24-23-11-6-5-10-22(23)19-25(24)26/h5-6,8,10-17H,2-4,7,9,18-19H2,1H3. The quantitative estimate of drug-likeness (QED) is 0.317. The molecule has 27 heavy (non-hydrogen) atoms. The Morgan fingerprint density at radius 1 is 0.741 bits per heavy atom. The fraction of sp³-hybridized carbons (Fsp3) is 0.308. The molecule has 0 radical (unpaired) electrons. The molecule has 0 fully saturated rings. The highest BCUT2D eigenvalue weighted by Gasteiger charge is 2.20. The normalized spacial score (nSPS) is 11.9. The topological polar surface area (TPSA) is 9.23 Å². The number of aryl methyl sites for hydroxylation is 2. The fourth-order valence-electron chi connectivity index (χ4n) is 3.98. The van der Waals surface area contributed by atoms with E-state index in [0.29, 0.717) is 0 Å². The maximum atomic E-state index is 6.16. The van der Waals surface area contributed by atoms with Gasteiger partial charge in [-0.3, -0.25) is 0 Å².